The monoisotopic (exact) mass is 244 g/mol. The second-order valence-corrected chi connectivity index (χ2v) is 3.90. The molecule has 1 N–H and O–H groups in total. The van der Waals surface area contributed by atoms with Gasteiger partial charge in [-0.3, -0.25) is 0 Å². The van der Waals surface area contributed by atoms with E-state index in [0.29, 0.717) is 16.7 Å². The molecule has 0 bridgehead atoms. The zero-order chi connectivity index (χ0) is 12.3. The average Bonchev–Trinajstić information content (AvgIpc) is 2.33. The van der Waals surface area contributed by atoms with Crippen molar-refractivity contribution in [1.29, 1.82) is 5.26 Å². The summed E-state index contributed by atoms with van der Waals surface area (Å²) < 4.78 is 0. The summed E-state index contributed by atoms with van der Waals surface area (Å²) in [5, 5.41) is 12.5. The Morgan fingerprint density at radius 3 is 2.88 bits per heavy atom. The van der Waals surface area contributed by atoms with Crippen LogP contribution in [0.3, 0.4) is 0 Å². The summed E-state index contributed by atoms with van der Waals surface area (Å²) in [4.78, 5) is 8.07. The fraction of sp³-hybridized carbons (Fsp3) is 0.0833. The molecule has 0 unspecified atom stereocenters. The van der Waals surface area contributed by atoms with Crippen molar-refractivity contribution in [2.24, 2.45) is 0 Å². The molecule has 0 aliphatic heterocycles. The van der Waals surface area contributed by atoms with E-state index in [4.69, 9.17) is 16.9 Å². The van der Waals surface area contributed by atoms with Crippen molar-refractivity contribution < 1.29 is 0 Å². The Bertz CT molecular complexity index is 589. The number of aromatic nitrogens is 2. The Kier molecular flexibility index (Phi) is 3.22. The van der Waals surface area contributed by atoms with Crippen molar-refractivity contribution in [2.45, 2.75) is 6.92 Å². The molecular formula is C12H9ClN4. The number of halogens is 1. The second kappa shape index (κ2) is 4.81. The first kappa shape index (κ1) is 11.4. The lowest BCUT2D eigenvalue weighted by atomic mass is 10.2. The van der Waals surface area contributed by atoms with Crippen molar-refractivity contribution in [3.05, 3.63) is 46.7 Å². The van der Waals surface area contributed by atoms with Crippen LogP contribution in [0, 0.1) is 18.3 Å². The highest BCUT2D eigenvalue weighted by molar-refractivity contribution is 6.30. The maximum absolute atomic E-state index is 8.73. The Morgan fingerprint density at radius 2 is 2.18 bits per heavy atom. The molecule has 0 saturated heterocycles. The van der Waals surface area contributed by atoms with E-state index in [1.54, 1.807) is 18.3 Å². The molecule has 2 aromatic rings. The Hall–Kier alpha value is -2.12. The summed E-state index contributed by atoms with van der Waals surface area (Å²) in [5.74, 6) is 0.398. The second-order valence-electron chi connectivity index (χ2n) is 3.46. The standard InChI is InChI=1S/C12H9ClN4/c1-8-6-9(13)2-3-11(8)17-12-15-5-4-10(7-14)16-12/h2-6H,1H3,(H,15,16,17). The summed E-state index contributed by atoms with van der Waals surface area (Å²) in [5.41, 5.74) is 2.18. The normalized spacial score (nSPS) is 9.71. The van der Waals surface area contributed by atoms with E-state index in [1.165, 1.54) is 0 Å². The molecule has 17 heavy (non-hydrogen) atoms. The Morgan fingerprint density at radius 1 is 1.35 bits per heavy atom. The fourth-order valence-electron chi connectivity index (χ4n) is 1.37. The van der Waals surface area contributed by atoms with Gasteiger partial charge < -0.3 is 5.32 Å². The maximum atomic E-state index is 8.73. The van der Waals surface area contributed by atoms with Crippen LogP contribution in [-0.4, -0.2) is 9.97 Å². The molecule has 84 valence electrons. The van der Waals surface area contributed by atoms with E-state index in [1.807, 2.05) is 25.1 Å². The summed E-state index contributed by atoms with van der Waals surface area (Å²) in [6, 6.07) is 9.00. The van der Waals surface area contributed by atoms with Crippen LogP contribution in [0.2, 0.25) is 5.02 Å². The number of nitriles is 1. The number of hydrogen-bond acceptors (Lipinski definition) is 4. The molecule has 1 aromatic carbocycles. The maximum Gasteiger partial charge on any atom is 0.228 e. The molecule has 0 aliphatic rings. The van der Waals surface area contributed by atoms with Crippen LogP contribution < -0.4 is 5.32 Å². The van der Waals surface area contributed by atoms with Gasteiger partial charge in [-0.05, 0) is 36.8 Å². The predicted molar refractivity (Wildman–Crippen MR) is 66.2 cm³/mol. The van der Waals surface area contributed by atoms with Gasteiger partial charge >= 0.3 is 0 Å². The first-order chi connectivity index (χ1) is 8.19. The van der Waals surface area contributed by atoms with Gasteiger partial charge in [-0.2, -0.15) is 5.26 Å². The van der Waals surface area contributed by atoms with E-state index in [9.17, 15) is 0 Å². The minimum atomic E-state index is 0.328. The smallest absolute Gasteiger partial charge is 0.228 e. The van der Waals surface area contributed by atoms with Crippen LogP contribution in [0.4, 0.5) is 11.6 Å². The van der Waals surface area contributed by atoms with Gasteiger partial charge in [0.1, 0.15) is 11.8 Å². The van der Waals surface area contributed by atoms with Crippen LogP contribution in [0.5, 0.6) is 0 Å². The number of aryl methyl sites for hydroxylation is 1. The van der Waals surface area contributed by atoms with Crippen LogP contribution >= 0.6 is 11.6 Å². The SMILES string of the molecule is Cc1cc(Cl)ccc1Nc1nccc(C#N)n1. The summed E-state index contributed by atoms with van der Waals surface area (Å²) in [6.07, 6.45) is 1.54. The van der Waals surface area contributed by atoms with E-state index in [2.05, 4.69) is 15.3 Å². The Labute approximate surface area is 104 Å². The zero-order valence-electron chi connectivity index (χ0n) is 9.11. The highest BCUT2D eigenvalue weighted by Crippen LogP contribution is 2.21. The van der Waals surface area contributed by atoms with Crippen molar-refractivity contribution in [3.8, 4) is 6.07 Å². The molecule has 0 spiro atoms. The van der Waals surface area contributed by atoms with Crippen LogP contribution in [0.15, 0.2) is 30.5 Å². The minimum Gasteiger partial charge on any atom is -0.324 e. The number of rotatable bonds is 2. The van der Waals surface area contributed by atoms with Gasteiger partial charge in [0.25, 0.3) is 0 Å². The first-order valence-corrected chi connectivity index (χ1v) is 5.33. The summed E-state index contributed by atoms with van der Waals surface area (Å²) in [7, 11) is 0. The van der Waals surface area contributed by atoms with Crippen molar-refractivity contribution in [2.75, 3.05) is 5.32 Å². The van der Waals surface area contributed by atoms with Crippen LogP contribution in [0.25, 0.3) is 0 Å². The van der Waals surface area contributed by atoms with Gasteiger partial charge in [0, 0.05) is 16.9 Å². The molecular weight excluding hydrogens is 236 g/mol. The van der Waals surface area contributed by atoms with E-state index in [0.717, 1.165) is 11.3 Å². The third-order valence-electron chi connectivity index (χ3n) is 2.21. The molecule has 5 heteroatoms. The Balaban J connectivity index is 2.28. The number of nitrogens with one attached hydrogen (secondary N) is 1. The molecule has 4 nitrogen and oxygen atoms in total. The lowest BCUT2D eigenvalue weighted by Crippen LogP contribution is -1.99. The third kappa shape index (κ3) is 2.71. The topological polar surface area (TPSA) is 61.6 Å². The summed E-state index contributed by atoms with van der Waals surface area (Å²) >= 11 is 5.87. The molecule has 1 aromatic heterocycles. The van der Waals surface area contributed by atoms with Crippen molar-refractivity contribution in [3.63, 3.8) is 0 Å². The van der Waals surface area contributed by atoms with Gasteiger partial charge in [-0.1, -0.05) is 11.6 Å². The van der Waals surface area contributed by atoms with Crippen molar-refractivity contribution in [1.82, 2.24) is 9.97 Å². The number of anilines is 2. The molecule has 0 fully saturated rings. The molecule has 0 aliphatic carbocycles. The van der Waals surface area contributed by atoms with Gasteiger partial charge in [0.2, 0.25) is 5.95 Å². The fourth-order valence-corrected chi connectivity index (χ4v) is 1.60. The molecule has 0 atom stereocenters. The average molecular weight is 245 g/mol. The van der Waals surface area contributed by atoms with Gasteiger partial charge in [-0.15, -0.1) is 0 Å². The largest absolute Gasteiger partial charge is 0.324 e. The van der Waals surface area contributed by atoms with Crippen LogP contribution in [0.1, 0.15) is 11.3 Å². The number of hydrogen-bond donors (Lipinski definition) is 1. The first-order valence-electron chi connectivity index (χ1n) is 4.95. The van der Waals surface area contributed by atoms with E-state index >= 15 is 0 Å². The summed E-state index contributed by atoms with van der Waals surface area (Å²) in [6.45, 7) is 1.93. The lowest BCUT2D eigenvalue weighted by Gasteiger charge is -2.07. The molecule has 0 amide bonds. The quantitative estimate of drug-likeness (QED) is 0.882. The third-order valence-corrected chi connectivity index (χ3v) is 2.44. The van der Waals surface area contributed by atoms with Gasteiger partial charge in [0.05, 0.1) is 0 Å². The van der Waals surface area contributed by atoms with E-state index < -0.39 is 0 Å². The van der Waals surface area contributed by atoms with Gasteiger partial charge in [0.15, 0.2) is 0 Å². The van der Waals surface area contributed by atoms with Crippen LogP contribution in [-0.2, 0) is 0 Å². The minimum absolute atomic E-state index is 0.328. The highest BCUT2D eigenvalue weighted by atomic mass is 35.5. The number of nitrogens with zero attached hydrogens (tertiary/aromatic N) is 3. The molecule has 0 saturated carbocycles. The van der Waals surface area contributed by atoms with E-state index in [-0.39, 0.29) is 0 Å². The highest BCUT2D eigenvalue weighted by Gasteiger charge is 2.02. The molecule has 0 radical (unpaired) electrons. The molecule has 2 rings (SSSR count). The van der Waals surface area contributed by atoms with Gasteiger partial charge in [-0.25, -0.2) is 9.97 Å². The van der Waals surface area contributed by atoms with Crippen molar-refractivity contribution >= 4 is 23.2 Å². The predicted octanol–water partition coefficient (Wildman–Crippen LogP) is 3.05. The zero-order valence-corrected chi connectivity index (χ0v) is 9.86. The number of benzene rings is 1. The lowest BCUT2D eigenvalue weighted by molar-refractivity contribution is 1.14. The molecule has 1 heterocycles.